The fraction of sp³-hybridized carbons (Fsp3) is 0.667. The number of urea groups is 1. The average Bonchev–Trinajstić information content (AvgIpc) is 2.78. The van der Waals surface area contributed by atoms with Gasteiger partial charge in [0.1, 0.15) is 0 Å². The monoisotopic (exact) mass is 430 g/mol. The molecular formula is C24H38N4O3. The molecule has 0 aliphatic carbocycles. The summed E-state index contributed by atoms with van der Waals surface area (Å²) in [6.45, 7) is 12.9. The van der Waals surface area contributed by atoms with E-state index >= 15 is 0 Å². The highest BCUT2D eigenvalue weighted by molar-refractivity contribution is 5.79. The van der Waals surface area contributed by atoms with Crippen LogP contribution in [0.25, 0.3) is 0 Å². The molecule has 0 bridgehead atoms. The smallest absolute Gasteiger partial charge is 0.317 e. The second kappa shape index (κ2) is 11.5. The number of carbonyl (C=O) groups is 2. The van der Waals surface area contributed by atoms with E-state index in [0.717, 1.165) is 38.3 Å². The Labute approximate surface area is 186 Å². The van der Waals surface area contributed by atoms with Crippen LogP contribution in [0.2, 0.25) is 0 Å². The Balaban J connectivity index is 1.43. The van der Waals surface area contributed by atoms with E-state index in [-0.39, 0.29) is 11.9 Å². The lowest BCUT2D eigenvalue weighted by atomic mass is 10.0. The van der Waals surface area contributed by atoms with Crippen LogP contribution in [-0.4, -0.2) is 91.7 Å². The van der Waals surface area contributed by atoms with Crippen molar-refractivity contribution in [2.24, 2.45) is 5.92 Å². The van der Waals surface area contributed by atoms with Gasteiger partial charge in [0.15, 0.2) is 0 Å². The van der Waals surface area contributed by atoms with Gasteiger partial charge in [-0.1, -0.05) is 43.7 Å². The van der Waals surface area contributed by atoms with E-state index in [4.69, 9.17) is 4.74 Å². The molecule has 3 rings (SSSR count). The van der Waals surface area contributed by atoms with Gasteiger partial charge in [0, 0.05) is 51.9 Å². The summed E-state index contributed by atoms with van der Waals surface area (Å²) in [5, 5.41) is 3.15. The quantitative estimate of drug-likeness (QED) is 0.720. The van der Waals surface area contributed by atoms with Gasteiger partial charge in [0.05, 0.1) is 19.6 Å². The van der Waals surface area contributed by atoms with E-state index in [0.29, 0.717) is 51.1 Å². The number of morpholine rings is 1. The largest absolute Gasteiger partial charge is 0.379 e. The molecule has 0 spiro atoms. The Morgan fingerprint density at radius 3 is 2.19 bits per heavy atom. The molecule has 2 heterocycles. The molecule has 172 valence electrons. The molecule has 2 aliphatic heterocycles. The predicted octanol–water partition coefficient (Wildman–Crippen LogP) is 2.14. The van der Waals surface area contributed by atoms with Crippen molar-refractivity contribution >= 4 is 11.9 Å². The summed E-state index contributed by atoms with van der Waals surface area (Å²) in [4.78, 5) is 31.5. The Morgan fingerprint density at radius 1 is 0.968 bits per heavy atom. The van der Waals surface area contributed by atoms with Crippen LogP contribution < -0.4 is 5.32 Å². The molecule has 0 saturated carbocycles. The van der Waals surface area contributed by atoms with Crippen LogP contribution in [0.4, 0.5) is 4.79 Å². The van der Waals surface area contributed by atoms with E-state index in [1.165, 1.54) is 5.56 Å². The van der Waals surface area contributed by atoms with Gasteiger partial charge in [-0.15, -0.1) is 0 Å². The number of nitrogens with zero attached hydrogens (tertiary/aromatic N) is 3. The van der Waals surface area contributed by atoms with E-state index in [1.54, 1.807) is 0 Å². The highest BCUT2D eigenvalue weighted by Crippen LogP contribution is 2.14. The maximum Gasteiger partial charge on any atom is 0.317 e. The predicted molar refractivity (Wildman–Crippen MR) is 122 cm³/mol. The zero-order chi connectivity index (χ0) is 22.2. The van der Waals surface area contributed by atoms with Crippen molar-refractivity contribution in [3.05, 3.63) is 35.4 Å². The molecular weight excluding hydrogens is 392 g/mol. The number of benzene rings is 1. The van der Waals surface area contributed by atoms with Crippen LogP contribution in [0.3, 0.4) is 0 Å². The molecule has 2 aliphatic rings. The summed E-state index contributed by atoms with van der Waals surface area (Å²) in [7, 11) is 0. The number of carbonyl (C=O) groups excluding carboxylic acids is 2. The average molecular weight is 431 g/mol. The summed E-state index contributed by atoms with van der Waals surface area (Å²) in [6.07, 6.45) is 1.48. The molecule has 1 unspecified atom stereocenters. The van der Waals surface area contributed by atoms with Gasteiger partial charge in [-0.3, -0.25) is 9.69 Å². The zero-order valence-electron chi connectivity index (χ0n) is 19.3. The second-order valence-corrected chi connectivity index (χ2v) is 9.15. The third kappa shape index (κ3) is 7.21. The molecule has 1 aromatic carbocycles. The molecule has 7 nitrogen and oxygen atoms in total. The van der Waals surface area contributed by atoms with Crippen LogP contribution in [0.15, 0.2) is 24.3 Å². The number of hydrogen-bond acceptors (Lipinski definition) is 4. The van der Waals surface area contributed by atoms with Gasteiger partial charge in [-0.05, 0) is 24.8 Å². The van der Waals surface area contributed by atoms with Gasteiger partial charge in [-0.2, -0.15) is 0 Å². The lowest BCUT2D eigenvalue weighted by molar-refractivity contribution is -0.131. The van der Waals surface area contributed by atoms with Crippen molar-refractivity contribution in [1.29, 1.82) is 0 Å². The third-order valence-electron chi connectivity index (χ3n) is 6.19. The first-order valence-electron chi connectivity index (χ1n) is 11.6. The second-order valence-electron chi connectivity index (χ2n) is 9.15. The molecule has 1 atom stereocenters. The number of amides is 3. The standard InChI is InChI=1S/C24H38N4O3/c1-19(2)16-22(26-12-14-31-15-13-26)18-25-24(30)28-10-8-27(9-11-28)23(29)17-21-6-4-20(3)5-7-21/h4-7,19,22H,8-18H2,1-3H3,(H,25,30). The molecule has 7 heteroatoms. The van der Waals surface area contributed by atoms with Crippen molar-refractivity contribution in [1.82, 2.24) is 20.0 Å². The first-order chi connectivity index (χ1) is 14.9. The minimum Gasteiger partial charge on any atom is -0.379 e. The van der Waals surface area contributed by atoms with Crippen LogP contribution in [0, 0.1) is 12.8 Å². The van der Waals surface area contributed by atoms with Gasteiger partial charge in [0.2, 0.25) is 5.91 Å². The Morgan fingerprint density at radius 2 is 1.58 bits per heavy atom. The summed E-state index contributed by atoms with van der Waals surface area (Å²) < 4.78 is 5.48. The first-order valence-corrected chi connectivity index (χ1v) is 11.6. The zero-order valence-corrected chi connectivity index (χ0v) is 19.3. The van der Waals surface area contributed by atoms with Crippen LogP contribution in [0.5, 0.6) is 0 Å². The fourth-order valence-electron chi connectivity index (χ4n) is 4.32. The van der Waals surface area contributed by atoms with Gasteiger partial charge < -0.3 is 19.9 Å². The minimum absolute atomic E-state index is 0.0207. The number of nitrogens with one attached hydrogen (secondary N) is 1. The van der Waals surface area contributed by atoms with Gasteiger partial charge in [-0.25, -0.2) is 4.79 Å². The number of piperazine rings is 1. The van der Waals surface area contributed by atoms with E-state index in [9.17, 15) is 9.59 Å². The Hall–Kier alpha value is -2.12. The first kappa shape index (κ1) is 23.5. The molecule has 1 N–H and O–H groups in total. The van der Waals surface area contributed by atoms with Gasteiger partial charge >= 0.3 is 6.03 Å². The minimum atomic E-state index is -0.0207. The maximum atomic E-state index is 12.7. The summed E-state index contributed by atoms with van der Waals surface area (Å²) in [5.41, 5.74) is 2.23. The number of hydrogen-bond donors (Lipinski definition) is 1. The van der Waals surface area contributed by atoms with E-state index < -0.39 is 0 Å². The molecule has 0 aromatic heterocycles. The molecule has 3 amide bonds. The Bertz CT molecular complexity index is 708. The lowest BCUT2D eigenvalue weighted by Gasteiger charge is -2.37. The van der Waals surface area contributed by atoms with Crippen LogP contribution in [-0.2, 0) is 16.0 Å². The van der Waals surface area contributed by atoms with Crippen molar-refractivity contribution in [2.45, 2.75) is 39.7 Å². The van der Waals surface area contributed by atoms with Crippen molar-refractivity contribution < 1.29 is 14.3 Å². The number of rotatable bonds is 7. The molecule has 2 fully saturated rings. The SMILES string of the molecule is Cc1ccc(CC(=O)N2CCN(C(=O)NCC(CC(C)C)N3CCOCC3)CC2)cc1. The van der Waals surface area contributed by atoms with Crippen LogP contribution >= 0.6 is 0 Å². The number of aryl methyl sites for hydroxylation is 1. The highest BCUT2D eigenvalue weighted by atomic mass is 16.5. The van der Waals surface area contributed by atoms with E-state index in [2.05, 4.69) is 24.1 Å². The summed E-state index contributed by atoms with van der Waals surface area (Å²) in [5.74, 6) is 0.709. The molecule has 31 heavy (non-hydrogen) atoms. The summed E-state index contributed by atoms with van der Waals surface area (Å²) in [6, 6.07) is 8.42. The van der Waals surface area contributed by atoms with Crippen LogP contribution in [0.1, 0.15) is 31.4 Å². The summed E-state index contributed by atoms with van der Waals surface area (Å²) >= 11 is 0. The third-order valence-corrected chi connectivity index (χ3v) is 6.19. The number of ether oxygens (including phenoxy) is 1. The van der Waals surface area contributed by atoms with Crippen molar-refractivity contribution in [3.63, 3.8) is 0 Å². The maximum absolute atomic E-state index is 12.7. The fourth-order valence-corrected chi connectivity index (χ4v) is 4.32. The molecule has 1 aromatic rings. The van der Waals surface area contributed by atoms with Crippen molar-refractivity contribution in [2.75, 3.05) is 59.0 Å². The Kier molecular flexibility index (Phi) is 8.72. The highest BCUT2D eigenvalue weighted by Gasteiger charge is 2.26. The lowest BCUT2D eigenvalue weighted by Crippen LogP contribution is -2.55. The van der Waals surface area contributed by atoms with Crippen molar-refractivity contribution in [3.8, 4) is 0 Å². The normalized spacial score (nSPS) is 18.8. The molecule has 2 saturated heterocycles. The molecule has 0 radical (unpaired) electrons. The van der Waals surface area contributed by atoms with Gasteiger partial charge in [0.25, 0.3) is 0 Å². The topological polar surface area (TPSA) is 65.1 Å². The van der Waals surface area contributed by atoms with E-state index in [1.807, 2.05) is 41.0 Å².